The fourth-order valence-electron chi connectivity index (χ4n) is 2.15. The summed E-state index contributed by atoms with van der Waals surface area (Å²) in [6.45, 7) is 5.49. The molecule has 0 amide bonds. The zero-order valence-corrected chi connectivity index (χ0v) is 15.9. The van der Waals surface area contributed by atoms with Gasteiger partial charge in [0.25, 0.3) is 0 Å². The highest BCUT2D eigenvalue weighted by Gasteiger charge is 1.98. The van der Waals surface area contributed by atoms with Crippen LogP contribution in [-0.2, 0) is 0 Å². The molecule has 3 aromatic rings. The van der Waals surface area contributed by atoms with Crippen LogP contribution in [0.3, 0.4) is 0 Å². The predicted molar refractivity (Wildman–Crippen MR) is 107 cm³/mol. The third kappa shape index (κ3) is 6.13. The van der Waals surface area contributed by atoms with Crippen molar-refractivity contribution in [3.05, 3.63) is 66.2 Å². The third-order valence-electron chi connectivity index (χ3n) is 3.53. The number of phenols is 1. The lowest BCUT2D eigenvalue weighted by atomic mass is 10.1. The summed E-state index contributed by atoms with van der Waals surface area (Å²) < 4.78 is 10.3. The van der Waals surface area contributed by atoms with Gasteiger partial charge in [0.05, 0.1) is 14.2 Å². The van der Waals surface area contributed by atoms with E-state index >= 15 is 0 Å². The first-order chi connectivity index (χ1) is 12.5. The molecule has 0 aliphatic heterocycles. The summed E-state index contributed by atoms with van der Waals surface area (Å²) in [5.41, 5.74) is 0.623. The molecule has 0 fully saturated rings. The van der Waals surface area contributed by atoms with Crippen LogP contribution >= 0.6 is 0 Å². The fraction of sp³-hybridized carbons (Fsp3) is 0.227. The van der Waals surface area contributed by atoms with Crippen LogP contribution in [0.2, 0.25) is 0 Å². The first-order valence-corrected chi connectivity index (χ1v) is 8.45. The molecule has 3 aromatic carbocycles. The van der Waals surface area contributed by atoms with Crippen LogP contribution in [0.1, 0.15) is 31.1 Å². The monoisotopic (exact) mass is 354 g/mol. The maximum atomic E-state index is 10.7. The number of carbonyl (C=O) groups excluding carboxylic acids is 1. The molecule has 0 spiro atoms. The van der Waals surface area contributed by atoms with E-state index in [1.807, 2.05) is 50.2 Å². The van der Waals surface area contributed by atoms with Crippen molar-refractivity contribution < 1.29 is 19.4 Å². The van der Waals surface area contributed by atoms with Gasteiger partial charge in [0, 0.05) is 5.56 Å². The second kappa shape index (κ2) is 10.8. The lowest BCUT2D eigenvalue weighted by molar-refractivity contribution is 0.101. The summed E-state index contributed by atoms with van der Waals surface area (Å²) in [5.74, 6) is 1.95. The Kier molecular flexibility index (Phi) is 8.71. The highest BCUT2D eigenvalue weighted by atomic mass is 16.5. The molecule has 0 atom stereocenters. The number of aromatic hydroxyl groups is 1. The van der Waals surface area contributed by atoms with E-state index in [0.717, 1.165) is 22.3 Å². The standard InChI is InChI=1S/C12H12O2.C8H8O2.C2H6/c1-13-11-5-3-10-8-12(14-2)6-4-9(10)7-11;1-6(9)7-2-4-8(10)5-3-7;1-2/h3-8H,1-2H3;2-5,10H,1H3;1-2H3. The second-order valence-electron chi connectivity index (χ2n) is 5.18. The minimum absolute atomic E-state index is 0.0139. The summed E-state index contributed by atoms with van der Waals surface area (Å²) in [6.07, 6.45) is 0. The van der Waals surface area contributed by atoms with Crippen LogP contribution in [-0.4, -0.2) is 25.1 Å². The van der Waals surface area contributed by atoms with E-state index in [4.69, 9.17) is 14.6 Å². The maximum Gasteiger partial charge on any atom is 0.159 e. The molecule has 0 saturated heterocycles. The average Bonchev–Trinajstić information content (AvgIpc) is 2.69. The Morgan fingerprint density at radius 1 is 0.769 bits per heavy atom. The largest absolute Gasteiger partial charge is 0.508 e. The van der Waals surface area contributed by atoms with Gasteiger partial charge in [-0.05, 0) is 66.2 Å². The topological polar surface area (TPSA) is 55.8 Å². The van der Waals surface area contributed by atoms with Crippen molar-refractivity contribution in [3.63, 3.8) is 0 Å². The minimum atomic E-state index is 0.0139. The van der Waals surface area contributed by atoms with Gasteiger partial charge in [0.2, 0.25) is 0 Å². The molecule has 0 aromatic heterocycles. The molecule has 0 saturated carbocycles. The number of hydrogen-bond acceptors (Lipinski definition) is 4. The number of ketones is 1. The number of ether oxygens (including phenoxy) is 2. The molecule has 0 radical (unpaired) electrons. The van der Waals surface area contributed by atoms with Crippen molar-refractivity contribution in [1.82, 2.24) is 0 Å². The fourth-order valence-corrected chi connectivity index (χ4v) is 2.15. The maximum absolute atomic E-state index is 10.7. The van der Waals surface area contributed by atoms with Crippen LogP contribution in [0, 0.1) is 0 Å². The van der Waals surface area contributed by atoms with E-state index in [0.29, 0.717) is 5.56 Å². The van der Waals surface area contributed by atoms with Crippen molar-refractivity contribution >= 4 is 16.6 Å². The Labute approximate surface area is 155 Å². The molecular formula is C22H26O4. The SMILES string of the molecule is CC.CC(=O)c1ccc(O)cc1.COc1ccc2cc(OC)ccc2c1. The van der Waals surface area contributed by atoms with Crippen LogP contribution in [0.5, 0.6) is 17.2 Å². The van der Waals surface area contributed by atoms with E-state index in [1.165, 1.54) is 19.1 Å². The number of methoxy groups -OCH3 is 2. The number of fused-ring (bicyclic) bond motifs is 1. The normalized spacial score (nSPS) is 9.27. The van der Waals surface area contributed by atoms with E-state index in [2.05, 4.69) is 0 Å². The van der Waals surface area contributed by atoms with Crippen LogP contribution in [0.4, 0.5) is 0 Å². The highest BCUT2D eigenvalue weighted by molar-refractivity contribution is 5.94. The van der Waals surface area contributed by atoms with E-state index < -0.39 is 0 Å². The Morgan fingerprint density at radius 3 is 1.54 bits per heavy atom. The summed E-state index contributed by atoms with van der Waals surface area (Å²) in [7, 11) is 3.34. The number of benzene rings is 3. The van der Waals surface area contributed by atoms with Crippen LogP contribution in [0.25, 0.3) is 10.8 Å². The van der Waals surface area contributed by atoms with Gasteiger partial charge < -0.3 is 14.6 Å². The highest BCUT2D eigenvalue weighted by Crippen LogP contribution is 2.24. The first kappa shape index (κ1) is 21.0. The van der Waals surface area contributed by atoms with Crippen molar-refractivity contribution in [2.24, 2.45) is 0 Å². The summed E-state index contributed by atoms with van der Waals surface area (Å²) >= 11 is 0. The molecule has 0 heterocycles. The quantitative estimate of drug-likeness (QED) is 0.633. The predicted octanol–water partition coefficient (Wildman–Crippen LogP) is 5.48. The van der Waals surface area contributed by atoms with Gasteiger partial charge >= 0.3 is 0 Å². The average molecular weight is 354 g/mol. The van der Waals surface area contributed by atoms with Gasteiger partial charge in [0.15, 0.2) is 5.78 Å². The minimum Gasteiger partial charge on any atom is -0.508 e. The first-order valence-electron chi connectivity index (χ1n) is 8.45. The lowest BCUT2D eigenvalue weighted by Crippen LogP contribution is -1.89. The van der Waals surface area contributed by atoms with Crippen LogP contribution < -0.4 is 9.47 Å². The second-order valence-corrected chi connectivity index (χ2v) is 5.18. The molecule has 0 aliphatic carbocycles. The molecule has 0 bridgehead atoms. The molecule has 1 N–H and O–H groups in total. The number of rotatable bonds is 3. The summed E-state index contributed by atoms with van der Waals surface area (Å²) in [5, 5.41) is 11.1. The molecular weight excluding hydrogens is 328 g/mol. The number of Topliss-reactive ketones (excluding diaryl/α,β-unsaturated/α-hetero) is 1. The molecule has 4 heteroatoms. The van der Waals surface area contributed by atoms with Crippen LogP contribution in [0.15, 0.2) is 60.7 Å². The number of phenolic OH excluding ortho intramolecular Hbond substituents is 1. The van der Waals surface area contributed by atoms with Gasteiger partial charge in [-0.2, -0.15) is 0 Å². The Bertz CT molecular complexity index is 780. The van der Waals surface area contributed by atoms with E-state index in [9.17, 15) is 4.79 Å². The zero-order chi connectivity index (χ0) is 19.5. The van der Waals surface area contributed by atoms with Crippen molar-refractivity contribution in [3.8, 4) is 17.2 Å². The van der Waals surface area contributed by atoms with Gasteiger partial charge in [0.1, 0.15) is 17.2 Å². The van der Waals surface area contributed by atoms with Crippen molar-refractivity contribution in [2.45, 2.75) is 20.8 Å². The summed E-state index contributed by atoms with van der Waals surface area (Å²) in [4.78, 5) is 10.7. The smallest absolute Gasteiger partial charge is 0.159 e. The van der Waals surface area contributed by atoms with Gasteiger partial charge in [-0.15, -0.1) is 0 Å². The molecule has 138 valence electrons. The molecule has 0 aliphatic rings. The number of carbonyl (C=O) groups is 1. The van der Waals surface area contributed by atoms with E-state index in [1.54, 1.807) is 26.4 Å². The molecule has 0 unspecified atom stereocenters. The van der Waals surface area contributed by atoms with Gasteiger partial charge in [-0.3, -0.25) is 4.79 Å². The third-order valence-corrected chi connectivity index (χ3v) is 3.53. The van der Waals surface area contributed by atoms with Gasteiger partial charge in [-0.25, -0.2) is 0 Å². The lowest BCUT2D eigenvalue weighted by Gasteiger charge is -2.04. The van der Waals surface area contributed by atoms with E-state index in [-0.39, 0.29) is 11.5 Å². The zero-order valence-electron chi connectivity index (χ0n) is 15.9. The van der Waals surface area contributed by atoms with Crippen molar-refractivity contribution in [1.29, 1.82) is 0 Å². The van der Waals surface area contributed by atoms with Gasteiger partial charge in [-0.1, -0.05) is 26.0 Å². The molecule has 3 rings (SSSR count). The Morgan fingerprint density at radius 2 is 1.19 bits per heavy atom. The molecule has 4 nitrogen and oxygen atoms in total. The Balaban J connectivity index is 0.000000249. The number of hydrogen-bond donors (Lipinski definition) is 1. The Hall–Kier alpha value is -3.01. The molecule has 26 heavy (non-hydrogen) atoms. The van der Waals surface area contributed by atoms with Crippen molar-refractivity contribution in [2.75, 3.05) is 14.2 Å². The summed E-state index contributed by atoms with van der Waals surface area (Å²) in [6, 6.07) is 18.1.